The number of thioether (sulfide) groups is 2. The van der Waals surface area contributed by atoms with Crippen molar-refractivity contribution < 1.29 is 14.0 Å². The first-order valence-corrected chi connectivity index (χ1v) is 16.0. The molecule has 222 valence electrons. The van der Waals surface area contributed by atoms with Crippen LogP contribution in [0.5, 0.6) is 0 Å². The third-order valence-electron chi connectivity index (χ3n) is 5.52. The maximum absolute atomic E-state index is 12.5. The predicted molar refractivity (Wildman–Crippen MR) is 172 cm³/mol. The molecule has 3 heterocycles. The number of benzene rings is 2. The van der Waals surface area contributed by atoms with Crippen LogP contribution in [0.4, 0.5) is 5.00 Å². The summed E-state index contributed by atoms with van der Waals surface area (Å²) in [6, 6.07) is 20.9. The molecule has 11 nitrogen and oxygen atoms in total. The maximum atomic E-state index is 12.5. The number of thiazole rings is 1. The van der Waals surface area contributed by atoms with Crippen molar-refractivity contribution in [2.45, 2.75) is 36.4 Å². The van der Waals surface area contributed by atoms with Gasteiger partial charge in [0, 0.05) is 17.4 Å². The second-order valence-corrected chi connectivity index (χ2v) is 12.2. The zero-order valence-corrected chi connectivity index (χ0v) is 26.4. The minimum atomic E-state index is -0.715. The van der Waals surface area contributed by atoms with Gasteiger partial charge in [0.25, 0.3) is 16.7 Å². The van der Waals surface area contributed by atoms with E-state index in [1.165, 1.54) is 28.0 Å². The van der Waals surface area contributed by atoms with Crippen molar-refractivity contribution >= 4 is 63.9 Å². The van der Waals surface area contributed by atoms with Gasteiger partial charge in [0.15, 0.2) is 9.11 Å². The standard InChI is InChI=1S/C20H17N7O4S4.C8H10/c1-10-7-12(28)24-18(22-10)33-9-14-25-26-19(31-14)34-8-13(29)23-17-15(16(21)30)27(20(32)35-17)11-5-3-2-4-6-11;1-2-8-6-4-3-5-7-8/h2-7H,8-9H2,1H3,(H2,21,30)(H,23,29)(H,22,24,28);3-7H,2H2,1H3. The summed E-state index contributed by atoms with van der Waals surface area (Å²) in [5, 5.41) is 11.4. The van der Waals surface area contributed by atoms with Crippen LogP contribution in [-0.2, 0) is 17.0 Å². The van der Waals surface area contributed by atoms with Gasteiger partial charge in [-0.3, -0.25) is 19.0 Å². The summed E-state index contributed by atoms with van der Waals surface area (Å²) in [4.78, 5) is 43.1. The molecule has 0 spiro atoms. The number of aromatic amines is 1. The number of anilines is 1. The van der Waals surface area contributed by atoms with Crippen LogP contribution in [0.25, 0.3) is 5.69 Å². The fourth-order valence-corrected chi connectivity index (χ4v) is 6.30. The van der Waals surface area contributed by atoms with Crippen LogP contribution >= 0.6 is 47.1 Å². The molecular weight excluding hydrogens is 627 g/mol. The number of amides is 2. The number of aryl methyl sites for hydroxylation is 2. The van der Waals surface area contributed by atoms with Crippen molar-refractivity contribution in [3.8, 4) is 5.69 Å². The number of para-hydroxylation sites is 1. The van der Waals surface area contributed by atoms with Gasteiger partial charge in [-0.1, -0.05) is 90.3 Å². The molecule has 0 saturated carbocycles. The van der Waals surface area contributed by atoms with Crippen molar-refractivity contribution in [1.29, 1.82) is 0 Å². The van der Waals surface area contributed by atoms with Crippen molar-refractivity contribution in [1.82, 2.24) is 24.7 Å². The molecule has 15 heteroatoms. The molecule has 0 radical (unpaired) electrons. The van der Waals surface area contributed by atoms with Crippen LogP contribution in [-0.4, -0.2) is 42.3 Å². The van der Waals surface area contributed by atoms with E-state index in [2.05, 4.69) is 56.7 Å². The Morgan fingerprint density at radius 3 is 2.42 bits per heavy atom. The molecule has 3 aromatic heterocycles. The Bertz CT molecular complexity index is 1800. The van der Waals surface area contributed by atoms with E-state index in [0.29, 0.717) is 32.1 Å². The van der Waals surface area contributed by atoms with Crippen molar-refractivity contribution in [2.24, 2.45) is 5.73 Å². The normalized spacial score (nSPS) is 10.6. The number of H-pyrrole nitrogens is 1. The molecule has 0 aliphatic rings. The summed E-state index contributed by atoms with van der Waals surface area (Å²) >= 11 is 8.74. The Labute approximate surface area is 264 Å². The fourth-order valence-electron chi connectivity index (χ4n) is 3.60. The number of hydrogen-bond acceptors (Lipinski definition) is 11. The summed E-state index contributed by atoms with van der Waals surface area (Å²) in [5.41, 5.74) is 8.12. The summed E-state index contributed by atoms with van der Waals surface area (Å²) in [6.07, 6.45) is 1.14. The molecule has 43 heavy (non-hydrogen) atoms. The highest BCUT2D eigenvalue weighted by Gasteiger charge is 2.21. The molecule has 2 amide bonds. The van der Waals surface area contributed by atoms with Crippen LogP contribution in [0.2, 0.25) is 0 Å². The Balaban J connectivity index is 0.000000458. The lowest BCUT2D eigenvalue weighted by Crippen LogP contribution is -2.21. The van der Waals surface area contributed by atoms with Gasteiger partial charge in [0.05, 0.1) is 11.5 Å². The zero-order chi connectivity index (χ0) is 30.8. The number of aromatic nitrogens is 5. The topological polar surface area (TPSA) is 162 Å². The quantitative estimate of drug-likeness (QED) is 0.101. The third kappa shape index (κ3) is 9.22. The van der Waals surface area contributed by atoms with Crippen LogP contribution in [0.1, 0.15) is 34.6 Å². The van der Waals surface area contributed by atoms with Gasteiger partial charge in [0.1, 0.15) is 10.7 Å². The highest BCUT2D eigenvalue weighted by atomic mass is 32.2. The molecule has 0 atom stereocenters. The van der Waals surface area contributed by atoms with Gasteiger partial charge in [0.2, 0.25) is 11.8 Å². The van der Waals surface area contributed by atoms with E-state index in [1.54, 1.807) is 19.1 Å². The molecule has 5 aromatic rings. The van der Waals surface area contributed by atoms with Crippen LogP contribution in [0.3, 0.4) is 0 Å². The predicted octanol–water partition coefficient (Wildman–Crippen LogP) is 5.41. The molecule has 5 rings (SSSR count). The average Bonchev–Trinajstić information content (AvgIpc) is 3.59. The lowest BCUT2D eigenvalue weighted by molar-refractivity contribution is -0.113. The number of carbonyl (C=O) groups excluding carboxylic acids is 2. The second kappa shape index (κ2) is 15.4. The second-order valence-electron chi connectivity index (χ2n) is 8.70. The van der Waals surface area contributed by atoms with Gasteiger partial charge < -0.3 is 20.5 Å². The molecular formula is C28H27N7O4S4. The monoisotopic (exact) mass is 653 g/mol. The van der Waals surface area contributed by atoms with Crippen LogP contribution in [0.15, 0.2) is 86.3 Å². The Morgan fingerprint density at radius 2 is 1.79 bits per heavy atom. The highest BCUT2D eigenvalue weighted by molar-refractivity contribution is 7.99. The van der Waals surface area contributed by atoms with Gasteiger partial charge >= 0.3 is 0 Å². The highest BCUT2D eigenvalue weighted by Crippen LogP contribution is 2.29. The Kier molecular flexibility index (Phi) is 11.4. The van der Waals surface area contributed by atoms with E-state index < -0.39 is 11.8 Å². The molecule has 0 unspecified atom stereocenters. The van der Waals surface area contributed by atoms with Crippen molar-refractivity contribution in [2.75, 3.05) is 11.1 Å². The van der Waals surface area contributed by atoms with Crippen LogP contribution < -0.4 is 16.6 Å². The van der Waals surface area contributed by atoms with E-state index in [4.69, 9.17) is 22.4 Å². The molecule has 0 fully saturated rings. The smallest absolute Gasteiger partial charge is 0.277 e. The fraction of sp³-hybridized carbons (Fsp3) is 0.179. The van der Waals surface area contributed by atoms with E-state index in [0.717, 1.165) is 29.5 Å². The zero-order valence-electron chi connectivity index (χ0n) is 23.1. The minimum Gasteiger partial charge on any atom is -0.415 e. The summed E-state index contributed by atoms with van der Waals surface area (Å²) in [7, 11) is 0. The molecule has 0 saturated heterocycles. The number of nitrogens with zero attached hydrogens (tertiary/aromatic N) is 4. The number of carbonyl (C=O) groups is 2. The van der Waals surface area contributed by atoms with E-state index >= 15 is 0 Å². The first kappa shape index (κ1) is 31.9. The molecule has 0 aliphatic carbocycles. The number of nitrogens with one attached hydrogen (secondary N) is 2. The molecule has 2 aromatic carbocycles. The lowest BCUT2D eigenvalue weighted by Gasteiger charge is -2.08. The van der Waals surface area contributed by atoms with Crippen molar-refractivity contribution in [3.63, 3.8) is 0 Å². The summed E-state index contributed by atoms with van der Waals surface area (Å²) in [5.74, 6) is -0.548. The Morgan fingerprint density at radius 1 is 1.09 bits per heavy atom. The van der Waals surface area contributed by atoms with Gasteiger partial charge in [-0.15, -0.1) is 10.2 Å². The number of rotatable bonds is 10. The first-order chi connectivity index (χ1) is 20.7. The summed E-state index contributed by atoms with van der Waals surface area (Å²) < 4.78 is 7.44. The minimum absolute atomic E-state index is 0.0459. The Hall–Kier alpha value is -4.05. The average molecular weight is 654 g/mol. The molecule has 0 aliphatic heterocycles. The van der Waals surface area contributed by atoms with E-state index in [9.17, 15) is 14.4 Å². The van der Waals surface area contributed by atoms with Gasteiger partial charge in [-0.25, -0.2) is 4.98 Å². The number of primary amides is 1. The summed E-state index contributed by atoms with van der Waals surface area (Å²) in [6.45, 7) is 3.89. The first-order valence-electron chi connectivity index (χ1n) is 12.8. The maximum Gasteiger partial charge on any atom is 0.277 e. The number of hydrogen-bond donors (Lipinski definition) is 3. The molecule has 0 bridgehead atoms. The van der Waals surface area contributed by atoms with Gasteiger partial charge in [-0.05, 0) is 43.3 Å². The molecule has 4 N–H and O–H groups in total. The SMILES string of the molecule is CCc1ccccc1.Cc1cc(=O)[nH]c(SCc2nnc(SCC(=O)Nc3sc(=S)n(-c4ccccc4)c3C(N)=O)o2)n1. The van der Waals surface area contributed by atoms with Crippen LogP contribution in [0, 0.1) is 10.9 Å². The largest absolute Gasteiger partial charge is 0.415 e. The third-order valence-corrected chi connectivity index (χ3v) is 8.48. The number of nitrogens with two attached hydrogens (primary N) is 1. The van der Waals surface area contributed by atoms with E-state index in [1.807, 2.05) is 24.3 Å². The van der Waals surface area contributed by atoms with Crippen molar-refractivity contribution in [3.05, 3.63) is 104 Å². The van der Waals surface area contributed by atoms with Gasteiger partial charge in [-0.2, -0.15) is 0 Å². The van der Waals surface area contributed by atoms with E-state index in [-0.39, 0.29) is 27.2 Å². The lowest BCUT2D eigenvalue weighted by atomic mass is 10.2.